The Labute approximate surface area is 113 Å². The Hall–Kier alpha value is -0.860. The van der Waals surface area contributed by atoms with Crippen molar-refractivity contribution in [3.8, 4) is 0 Å². The monoisotopic (exact) mass is 257 g/mol. The van der Waals surface area contributed by atoms with E-state index in [4.69, 9.17) is 0 Å². The van der Waals surface area contributed by atoms with Crippen molar-refractivity contribution in [1.29, 1.82) is 0 Å². The second-order valence-electron chi connectivity index (χ2n) is 4.32. The Morgan fingerprint density at radius 1 is 0.889 bits per heavy atom. The molecule has 0 spiro atoms. The number of amides is 1. The minimum absolute atomic E-state index is 0.172. The fourth-order valence-electron chi connectivity index (χ4n) is 1.51. The van der Waals surface area contributed by atoms with Gasteiger partial charge in [-0.2, -0.15) is 0 Å². The van der Waals surface area contributed by atoms with E-state index >= 15 is 0 Å². The molecule has 1 amide bonds. The normalized spacial score (nSPS) is 9.33. The van der Waals surface area contributed by atoms with Gasteiger partial charge in [-0.25, -0.2) is 0 Å². The third kappa shape index (κ3) is 17.5. The fraction of sp³-hybridized carbons (Fsp3) is 0.867. The van der Waals surface area contributed by atoms with E-state index in [9.17, 15) is 9.59 Å². The lowest BCUT2D eigenvalue weighted by molar-refractivity contribution is -0.121. The van der Waals surface area contributed by atoms with Crippen LogP contribution in [0.4, 0.5) is 0 Å². The van der Waals surface area contributed by atoms with E-state index < -0.39 is 0 Å². The molecule has 3 heteroatoms. The fourth-order valence-corrected chi connectivity index (χ4v) is 1.51. The SMILES string of the molecule is CC.CCCCC(=O)NCCCCCCC(C)=O. The van der Waals surface area contributed by atoms with Gasteiger partial charge in [0.25, 0.3) is 0 Å². The van der Waals surface area contributed by atoms with Gasteiger partial charge in [-0.05, 0) is 26.2 Å². The number of carbonyl (C=O) groups excluding carboxylic acids is 2. The number of carbonyl (C=O) groups is 2. The van der Waals surface area contributed by atoms with Gasteiger partial charge in [0.2, 0.25) is 5.91 Å². The molecule has 0 heterocycles. The highest BCUT2D eigenvalue weighted by molar-refractivity contribution is 5.75. The van der Waals surface area contributed by atoms with Crippen LogP contribution < -0.4 is 5.32 Å². The van der Waals surface area contributed by atoms with Crippen LogP contribution in [-0.2, 0) is 9.59 Å². The van der Waals surface area contributed by atoms with E-state index in [-0.39, 0.29) is 11.7 Å². The molecule has 0 bridgehead atoms. The molecule has 0 saturated heterocycles. The number of ketones is 1. The second kappa shape index (κ2) is 16.1. The van der Waals surface area contributed by atoms with Crippen molar-refractivity contribution in [3.63, 3.8) is 0 Å². The van der Waals surface area contributed by atoms with Crippen molar-refractivity contribution in [1.82, 2.24) is 5.32 Å². The van der Waals surface area contributed by atoms with Gasteiger partial charge in [0.05, 0.1) is 0 Å². The zero-order valence-corrected chi connectivity index (χ0v) is 12.7. The molecule has 0 aliphatic rings. The third-order valence-electron chi connectivity index (χ3n) is 2.54. The molecule has 0 aromatic rings. The first-order valence-electron chi connectivity index (χ1n) is 7.43. The van der Waals surface area contributed by atoms with Crippen LogP contribution in [0.5, 0.6) is 0 Å². The zero-order valence-electron chi connectivity index (χ0n) is 12.7. The molecule has 0 aromatic heterocycles. The predicted molar refractivity (Wildman–Crippen MR) is 77.6 cm³/mol. The highest BCUT2D eigenvalue weighted by atomic mass is 16.1. The molecule has 0 aliphatic heterocycles. The van der Waals surface area contributed by atoms with Gasteiger partial charge in [-0.3, -0.25) is 4.79 Å². The summed E-state index contributed by atoms with van der Waals surface area (Å²) in [5.41, 5.74) is 0. The maximum Gasteiger partial charge on any atom is 0.219 e. The van der Waals surface area contributed by atoms with E-state index in [1.54, 1.807) is 6.92 Å². The van der Waals surface area contributed by atoms with E-state index in [0.29, 0.717) is 12.8 Å². The average Bonchev–Trinajstić information content (AvgIpc) is 2.37. The number of nitrogens with one attached hydrogen (secondary N) is 1. The lowest BCUT2D eigenvalue weighted by Gasteiger charge is -2.04. The van der Waals surface area contributed by atoms with Crippen molar-refractivity contribution in [2.24, 2.45) is 0 Å². The summed E-state index contributed by atoms with van der Waals surface area (Å²) in [5, 5.41) is 2.91. The molecule has 0 aromatic carbocycles. The number of Topliss-reactive ketones (excluding diaryl/α,β-unsaturated/α-hetero) is 1. The van der Waals surface area contributed by atoms with Crippen LogP contribution in [0.25, 0.3) is 0 Å². The molecule has 0 radical (unpaired) electrons. The molecule has 0 saturated carbocycles. The van der Waals surface area contributed by atoms with E-state index in [2.05, 4.69) is 12.2 Å². The van der Waals surface area contributed by atoms with Gasteiger partial charge in [-0.1, -0.05) is 40.0 Å². The smallest absolute Gasteiger partial charge is 0.219 e. The lowest BCUT2D eigenvalue weighted by Crippen LogP contribution is -2.23. The summed E-state index contributed by atoms with van der Waals surface area (Å²) in [7, 11) is 0. The summed E-state index contributed by atoms with van der Waals surface area (Å²) >= 11 is 0. The predicted octanol–water partition coefficient (Wildman–Crippen LogP) is 3.86. The van der Waals surface area contributed by atoms with E-state index in [1.165, 1.54) is 0 Å². The Morgan fingerprint density at radius 3 is 2.06 bits per heavy atom. The summed E-state index contributed by atoms with van der Waals surface area (Å²) in [6, 6.07) is 0. The maximum absolute atomic E-state index is 11.2. The molecule has 0 rings (SSSR count). The van der Waals surface area contributed by atoms with Crippen LogP contribution in [-0.4, -0.2) is 18.2 Å². The standard InChI is InChI=1S/C13H25NO2.C2H6/c1-3-4-10-13(16)14-11-8-6-5-7-9-12(2)15;1-2/h3-11H2,1-2H3,(H,14,16);1-2H3. The minimum Gasteiger partial charge on any atom is -0.356 e. The third-order valence-corrected chi connectivity index (χ3v) is 2.54. The van der Waals surface area contributed by atoms with Gasteiger partial charge < -0.3 is 10.1 Å². The number of hydrogen-bond acceptors (Lipinski definition) is 2. The highest BCUT2D eigenvalue weighted by Gasteiger charge is 1.99. The van der Waals surface area contributed by atoms with Crippen LogP contribution in [0.15, 0.2) is 0 Å². The van der Waals surface area contributed by atoms with Gasteiger partial charge in [0, 0.05) is 19.4 Å². The first kappa shape index (κ1) is 19.5. The Bertz CT molecular complexity index is 203. The molecule has 0 unspecified atom stereocenters. The summed E-state index contributed by atoms with van der Waals surface area (Å²) in [6.45, 7) is 8.50. The van der Waals surface area contributed by atoms with Crippen LogP contribution in [0.1, 0.15) is 79.1 Å². The van der Waals surface area contributed by atoms with Crippen LogP contribution in [0, 0.1) is 0 Å². The quantitative estimate of drug-likeness (QED) is 0.604. The number of unbranched alkanes of at least 4 members (excludes halogenated alkanes) is 4. The largest absolute Gasteiger partial charge is 0.356 e. The molecule has 0 aliphatic carbocycles. The van der Waals surface area contributed by atoms with Crippen LogP contribution in [0.3, 0.4) is 0 Å². The van der Waals surface area contributed by atoms with Crippen LogP contribution in [0.2, 0.25) is 0 Å². The van der Waals surface area contributed by atoms with Crippen molar-refractivity contribution in [2.75, 3.05) is 6.54 Å². The molecule has 3 nitrogen and oxygen atoms in total. The second-order valence-corrected chi connectivity index (χ2v) is 4.32. The molecular weight excluding hydrogens is 226 g/mol. The highest BCUT2D eigenvalue weighted by Crippen LogP contribution is 2.02. The minimum atomic E-state index is 0.172. The zero-order chi connectivity index (χ0) is 14.2. The van der Waals surface area contributed by atoms with Crippen molar-refractivity contribution in [2.45, 2.75) is 79.1 Å². The molecular formula is C15H31NO2. The van der Waals surface area contributed by atoms with Gasteiger partial charge in [0.1, 0.15) is 5.78 Å². The first-order valence-corrected chi connectivity index (χ1v) is 7.43. The van der Waals surface area contributed by atoms with Crippen molar-refractivity contribution >= 4 is 11.7 Å². The van der Waals surface area contributed by atoms with E-state index in [0.717, 1.165) is 45.1 Å². The van der Waals surface area contributed by atoms with Crippen molar-refractivity contribution < 1.29 is 9.59 Å². The summed E-state index contributed by atoms with van der Waals surface area (Å²) in [4.78, 5) is 21.9. The molecule has 1 N–H and O–H groups in total. The first-order chi connectivity index (χ1) is 8.66. The Morgan fingerprint density at radius 2 is 1.50 bits per heavy atom. The van der Waals surface area contributed by atoms with Crippen molar-refractivity contribution in [3.05, 3.63) is 0 Å². The molecule has 0 atom stereocenters. The molecule has 18 heavy (non-hydrogen) atoms. The van der Waals surface area contributed by atoms with Gasteiger partial charge in [-0.15, -0.1) is 0 Å². The number of rotatable bonds is 10. The summed E-state index contributed by atoms with van der Waals surface area (Å²) in [6.07, 6.45) is 7.59. The number of hydrogen-bond donors (Lipinski definition) is 1. The lowest BCUT2D eigenvalue weighted by atomic mass is 10.1. The van der Waals surface area contributed by atoms with E-state index in [1.807, 2.05) is 13.8 Å². The van der Waals surface area contributed by atoms with Gasteiger partial charge in [0.15, 0.2) is 0 Å². The molecule has 108 valence electrons. The summed E-state index contributed by atoms with van der Waals surface area (Å²) in [5.74, 6) is 0.443. The van der Waals surface area contributed by atoms with Crippen LogP contribution >= 0.6 is 0 Å². The maximum atomic E-state index is 11.2. The Kier molecular flexibility index (Phi) is 17.5. The Balaban J connectivity index is 0. The topological polar surface area (TPSA) is 46.2 Å². The molecule has 0 fully saturated rings. The van der Waals surface area contributed by atoms with Gasteiger partial charge >= 0.3 is 0 Å². The summed E-state index contributed by atoms with van der Waals surface area (Å²) < 4.78 is 0. The average molecular weight is 257 g/mol.